The van der Waals surface area contributed by atoms with Gasteiger partial charge in [0.15, 0.2) is 0 Å². The molecule has 1 amide bonds. The molecule has 0 saturated heterocycles. The minimum atomic E-state index is -1.18. The van der Waals surface area contributed by atoms with Crippen molar-refractivity contribution in [2.24, 2.45) is 5.73 Å². The van der Waals surface area contributed by atoms with E-state index < -0.39 is 12.0 Å². The Morgan fingerprint density at radius 3 is 2.64 bits per heavy atom. The molecule has 0 aliphatic rings. The molecule has 0 bridgehead atoms. The van der Waals surface area contributed by atoms with Crippen LogP contribution in [0.2, 0.25) is 0 Å². The lowest BCUT2D eigenvalue weighted by atomic mass is 10.3. The first-order valence-corrected chi connectivity index (χ1v) is 3.00. The van der Waals surface area contributed by atoms with Gasteiger partial charge in [0.05, 0.1) is 6.54 Å². The predicted octanol–water partition coefficient (Wildman–Crippen LogP) is -1.88. The molecular weight excluding hydrogens is 148 g/mol. The average molecular weight is 156 g/mol. The zero-order valence-corrected chi connectivity index (χ0v) is 5.71. The Morgan fingerprint density at radius 1 is 1.64 bits per heavy atom. The van der Waals surface area contributed by atoms with Crippen LogP contribution < -0.4 is 5.73 Å². The van der Waals surface area contributed by atoms with Crippen LogP contribution in [0.5, 0.6) is 0 Å². The second-order valence-corrected chi connectivity index (χ2v) is 2.08. The van der Waals surface area contributed by atoms with E-state index >= 15 is 0 Å². The molecule has 1 unspecified atom stereocenters. The smallest absolute Gasteiger partial charge is 0.248 e. The molecule has 0 aromatic carbocycles. The first kappa shape index (κ1) is 7.67. The molecule has 1 atom stereocenters. The summed E-state index contributed by atoms with van der Waals surface area (Å²) in [6, 6.07) is 0. The molecule has 6 heteroatoms. The van der Waals surface area contributed by atoms with Gasteiger partial charge in [0.25, 0.3) is 0 Å². The van der Waals surface area contributed by atoms with Crippen LogP contribution in [0.15, 0.2) is 12.7 Å². The molecule has 0 aliphatic carbocycles. The number of amides is 1. The van der Waals surface area contributed by atoms with Crippen molar-refractivity contribution in [1.29, 1.82) is 0 Å². The normalized spacial score (nSPS) is 12.8. The Morgan fingerprint density at radius 2 is 2.18 bits per heavy atom. The van der Waals surface area contributed by atoms with Crippen molar-refractivity contribution < 1.29 is 9.90 Å². The number of hydrogen-bond donors (Lipinski definition) is 2. The fraction of sp³-hybridized carbons (Fsp3) is 0.400. The van der Waals surface area contributed by atoms with E-state index in [0.29, 0.717) is 0 Å². The van der Waals surface area contributed by atoms with Crippen molar-refractivity contribution in [3.63, 3.8) is 0 Å². The Kier molecular flexibility index (Phi) is 2.17. The van der Waals surface area contributed by atoms with Crippen molar-refractivity contribution in [3.8, 4) is 0 Å². The van der Waals surface area contributed by atoms with Gasteiger partial charge in [-0.1, -0.05) is 0 Å². The molecule has 0 radical (unpaired) electrons. The van der Waals surface area contributed by atoms with Crippen molar-refractivity contribution >= 4 is 5.91 Å². The summed E-state index contributed by atoms with van der Waals surface area (Å²) in [5.41, 5.74) is 4.81. The SMILES string of the molecule is NC(=O)C(O)Cn1cnnc1. The van der Waals surface area contributed by atoms with E-state index in [1.165, 1.54) is 17.2 Å². The van der Waals surface area contributed by atoms with Crippen LogP contribution in [-0.2, 0) is 11.3 Å². The number of hydrogen-bond acceptors (Lipinski definition) is 4. The monoisotopic (exact) mass is 156 g/mol. The van der Waals surface area contributed by atoms with E-state index in [1.54, 1.807) is 0 Å². The van der Waals surface area contributed by atoms with E-state index in [1.807, 2.05) is 0 Å². The number of primary amides is 1. The summed E-state index contributed by atoms with van der Waals surface area (Å²) in [5, 5.41) is 15.9. The number of nitrogens with two attached hydrogens (primary N) is 1. The van der Waals surface area contributed by atoms with Gasteiger partial charge in [-0.25, -0.2) is 0 Å². The average Bonchev–Trinajstić information content (AvgIpc) is 2.39. The number of aromatic nitrogens is 3. The quantitative estimate of drug-likeness (QED) is 0.535. The lowest BCUT2D eigenvalue weighted by Gasteiger charge is -2.04. The molecule has 1 aromatic rings. The number of aliphatic hydroxyl groups is 1. The van der Waals surface area contributed by atoms with Gasteiger partial charge in [-0.2, -0.15) is 0 Å². The summed E-state index contributed by atoms with van der Waals surface area (Å²) < 4.78 is 1.47. The highest BCUT2D eigenvalue weighted by Crippen LogP contribution is 1.88. The molecule has 0 aliphatic heterocycles. The number of carbonyl (C=O) groups is 1. The van der Waals surface area contributed by atoms with Crippen LogP contribution in [-0.4, -0.2) is 31.9 Å². The number of carbonyl (C=O) groups excluding carboxylic acids is 1. The maximum Gasteiger partial charge on any atom is 0.248 e. The van der Waals surface area contributed by atoms with Crippen LogP contribution in [0.1, 0.15) is 0 Å². The summed E-state index contributed by atoms with van der Waals surface area (Å²) in [4.78, 5) is 10.3. The molecule has 6 nitrogen and oxygen atoms in total. The summed E-state index contributed by atoms with van der Waals surface area (Å²) >= 11 is 0. The number of rotatable bonds is 3. The van der Waals surface area contributed by atoms with E-state index in [2.05, 4.69) is 10.2 Å². The Hall–Kier alpha value is -1.43. The third kappa shape index (κ3) is 2.01. The molecule has 1 aromatic heterocycles. The minimum absolute atomic E-state index is 0.0995. The molecule has 0 saturated carbocycles. The number of aliphatic hydroxyl groups excluding tert-OH is 1. The second-order valence-electron chi connectivity index (χ2n) is 2.08. The van der Waals surface area contributed by atoms with Crippen molar-refractivity contribution in [3.05, 3.63) is 12.7 Å². The van der Waals surface area contributed by atoms with E-state index in [9.17, 15) is 4.79 Å². The van der Waals surface area contributed by atoms with Gasteiger partial charge in [-0.05, 0) is 0 Å². The van der Waals surface area contributed by atoms with Crippen LogP contribution >= 0.6 is 0 Å². The molecule has 60 valence electrons. The fourth-order valence-corrected chi connectivity index (χ4v) is 0.606. The Bertz CT molecular complexity index is 233. The zero-order chi connectivity index (χ0) is 8.27. The zero-order valence-electron chi connectivity index (χ0n) is 5.71. The highest BCUT2D eigenvalue weighted by molar-refractivity contribution is 5.78. The summed E-state index contributed by atoms with van der Waals surface area (Å²) in [6.45, 7) is 0.0995. The molecular formula is C5H8N4O2. The maximum absolute atomic E-state index is 10.3. The standard InChI is InChI=1S/C5H8N4O2/c6-5(11)4(10)1-9-2-7-8-3-9/h2-4,10H,1H2,(H2,6,11). The van der Waals surface area contributed by atoms with Crippen molar-refractivity contribution in [2.45, 2.75) is 12.6 Å². The topological polar surface area (TPSA) is 94.0 Å². The Labute approximate surface area is 62.6 Å². The first-order valence-electron chi connectivity index (χ1n) is 3.00. The van der Waals surface area contributed by atoms with Gasteiger partial charge >= 0.3 is 0 Å². The van der Waals surface area contributed by atoms with Crippen molar-refractivity contribution in [1.82, 2.24) is 14.8 Å². The van der Waals surface area contributed by atoms with E-state index in [4.69, 9.17) is 10.8 Å². The molecule has 1 heterocycles. The number of nitrogens with zero attached hydrogens (tertiary/aromatic N) is 3. The highest BCUT2D eigenvalue weighted by Gasteiger charge is 2.10. The van der Waals surface area contributed by atoms with Gasteiger partial charge in [0.2, 0.25) is 5.91 Å². The fourth-order valence-electron chi connectivity index (χ4n) is 0.606. The summed E-state index contributed by atoms with van der Waals surface area (Å²) in [5.74, 6) is -0.751. The van der Waals surface area contributed by atoms with Crippen molar-refractivity contribution in [2.75, 3.05) is 0 Å². The molecule has 1 rings (SSSR count). The molecule has 0 fully saturated rings. The summed E-state index contributed by atoms with van der Waals surface area (Å²) in [6.07, 6.45) is 1.62. The maximum atomic E-state index is 10.3. The van der Waals surface area contributed by atoms with E-state index in [-0.39, 0.29) is 6.54 Å². The highest BCUT2D eigenvalue weighted by atomic mass is 16.3. The van der Waals surface area contributed by atoms with Crippen LogP contribution in [0.25, 0.3) is 0 Å². The third-order valence-corrected chi connectivity index (χ3v) is 1.18. The predicted molar refractivity (Wildman–Crippen MR) is 35.2 cm³/mol. The molecule has 0 spiro atoms. The largest absolute Gasteiger partial charge is 0.381 e. The van der Waals surface area contributed by atoms with Gasteiger partial charge in [0.1, 0.15) is 18.8 Å². The van der Waals surface area contributed by atoms with Gasteiger partial charge in [-0.3, -0.25) is 4.79 Å². The first-order chi connectivity index (χ1) is 5.20. The van der Waals surface area contributed by atoms with E-state index in [0.717, 1.165) is 0 Å². The van der Waals surface area contributed by atoms with Crippen LogP contribution in [0, 0.1) is 0 Å². The lowest BCUT2D eigenvalue weighted by Crippen LogP contribution is -2.31. The van der Waals surface area contributed by atoms with Crippen LogP contribution in [0.4, 0.5) is 0 Å². The molecule has 3 N–H and O–H groups in total. The van der Waals surface area contributed by atoms with Crippen LogP contribution in [0.3, 0.4) is 0 Å². The Balaban J connectivity index is 2.50. The van der Waals surface area contributed by atoms with Gasteiger partial charge in [0, 0.05) is 0 Å². The second kappa shape index (κ2) is 3.11. The third-order valence-electron chi connectivity index (χ3n) is 1.18. The molecule has 11 heavy (non-hydrogen) atoms. The van der Waals surface area contributed by atoms with Gasteiger partial charge in [-0.15, -0.1) is 10.2 Å². The lowest BCUT2D eigenvalue weighted by molar-refractivity contribution is -0.126. The summed E-state index contributed by atoms with van der Waals surface area (Å²) in [7, 11) is 0. The minimum Gasteiger partial charge on any atom is -0.381 e. The van der Waals surface area contributed by atoms with Gasteiger partial charge < -0.3 is 15.4 Å².